The minimum atomic E-state index is -0.897. The summed E-state index contributed by atoms with van der Waals surface area (Å²) in [5.41, 5.74) is 3.74. The molecular formula is C41H46Cl2N8O6. The molecule has 0 bridgehead atoms. The van der Waals surface area contributed by atoms with Gasteiger partial charge < -0.3 is 39.9 Å². The van der Waals surface area contributed by atoms with E-state index in [1.54, 1.807) is 34.3 Å². The van der Waals surface area contributed by atoms with Crippen molar-refractivity contribution in [3.8, 4) is 34.9 Å². The molecule has 300 valence electrons. The average Bonchev–Trinajstić information content (AvgIpc) is 4.04. The van der Waals surface area contributed by atoms with Crippen LogP contribution in [0.15, 0.2) is 67.0 Å². The van der Waals surface area contributed by atoms with E-state index in [9.17, 15) is 19.2 Å². The van der Waals surface area contributed by atoms with Gasteiger partial charge in [-0.2, -0.15) is 0 Å². The molecule has 2 aromatic heterocycles. The highest BCUT2D eigenvalue weighted by atomic mass is 35.5. The zero-order valence-electron chi connectivity index (χ0n) is 32.0. The number of hydrogen-bond acceptors (Lipinski definition) is 8. The number of nitrogens with zero attached hydrogens (tertiary/aromatic N) is 4. The van der Waals surface area contributed by atoms with Crippen molar-refractivity contribution in [2.24, 2.45) is 5.92 Å². The average molecular weight is 818 g/mol. The SMILES string of the molecule is COC(=O)N[C@H](C(=O)N1CCC[C@H]1c1ncc(-c2ccc(C#CC#Cc3cnc([C@@H]4CCCN4C(=O)[C@H](NC(=O)OC)c4ccccc4)[nH]3)cc2)[nH]1)C(C)C.Cl.Cl. The van der Waals surface area contributed by atoms with Crippen molar-refractivity contribution < 1.29 is 28.7 Å². The molecule has 4 atom stereocenters. The molecule has 4 amide bonds. The molecule has 2 aliphatic rings. The topological polar surface area (TPSA) is 175 Å². The van der Waals surface area contributed by atoms with Crippen molar-refractivity contribution in [3.63, 3.8) is 0 Å². The fourth-order valence-corrected chi connectivity index (χ4v) is 6.94. The van der Waals surface area contributed by atoms with Crippen LogP contribution in [0.2, 0.25) is 0 Å². The molecule has 4 N–H and O–H groups in total. The van der Waals surface area contributed by atoms with E-state index in [-0.39, 0.29) is 54.6 Å². The molecule has 0 spiro atoms. The summed E-state index contributed by atoms with van der Waals surface area (Å²) in [5, 5.41) is 5.35. The number of halogens is 2. The zero-order valence-corrected chi connectivity index (χ0v) is 33.7. The highest BCUT2D eigenvalue weighted by Gasteiger charge is 2.38. The number of rotatable bonds is 9. The molecule has 2 fully saturated rings. The summed E-state index contributed by atoms with van der Waals surface area (Å²) >= 11 is 0. The first kappa shape index (κ1) is 43.8. The summed E-state index contributed by atoms with van der Waals surface area (Å²) in [4.78, 5) is 70.5. The number of benzene rings is 2. The number of nitrogens with one attached hydrogen (secondary N) is 4. The van der Waals surface area contributed by atoms with E-state index in [4.69, 9.17) is 9.47 Å². The number of carbonyl (C=O) groups excluding carboxylic acids is 4. The number of aromatic amines is 2. The van der Waals surface area contributed by atoms with Crippen LogP contribution in [-0.4, -0.2) is 87.1 Å². The van der Waals surface area contributed by atoms with Crippen LogP contribution in [0.4, 0.5) is 9.59 Å². The lowest BCUT2D eigenvalue weighted by Crippen LogP contribution is -2.51. The van der Waals surface area contributed by atoms with Crippen LogP contribution in [0.3, 0.4) is 0 Å². The number of alkyl carbamates (subject to hydrolysis) is 2. The highest BCUT2D eigenvalue weighted by molar-refractivity contribution is 5.88. The maximum absolute atomic E-state index is 13.7. The van der Waals surface area contributed by atoms with Crippen molar-refractivity contribution >= 4 is 48.8 Å². The van der Waals surface area contributed by atoms with Gasteiger partial charge in [0.1, 0.15) is 29.4 Å². The Balaban J connectivity index is 0.00000360. The molecule has 14 nitrogen and oxygen atoms in total. The first-order valence-electron chi connectivity index (χ1n) is 18.2. The van der Waals surface area contributed by atoms with Gasteiger partial charge in [-0.05, 0) is 72.6 Å². The third kappa shape index (κ3) is 10.5. The zero-order chi connectivity index (χ0) is 38.9. The summed E-state index contributed by atoms with van der Waals surface area (Å²) in [6.07, 6.45) is 5.17. The van der Waals surface area contributed by atoms with Gasteiger partial charge in [0.15, 0.2) is 0 Å². The van der Waals surface area contributed by atoms with E-state index in [0.717, 1.165) is 42.5 Å². The van der Waals surface area contributed by atoms with Gasteiger partial charge in [0.05, 0.1) is 44.4 Å². The van der Waals surface area contributed by atoms with Crippen molar-refractivity contribution in [1.82, 2.24) is 40.4 Å². The Labute approximate surface area is 344 Å². The normalized spacial score (nSPS) is 16.7. The lowest BCUT2D eigenvalue weighted by Gasteiger charge is -2.30. The van der Waals surface area contributed by atoms with Gasteiger partial charge >= 0.3 is 12.2 Å². The highest BCUT2D eigenvalue weighted by Crippen LogP contribution is 2.34. The lowest BCUT2D eigenvalue weighted by atomic mass is 10.0. The second-order valence-electron chi connectivity index (χ2n) is 13.7. The van der Waals surface area contributed by atoms with Crippen molar-refractivity contribution in [1.29, 1.82) is 0 Å². The summed E-state index contributed by atoms with van der Waals surface area (Å²) < 4.78 is 9.52. The maximum Gasteiger partial charge on any atom is 0.407 e. The molecule has 4 heterocycles. The monoisotopic (exact) mass is 816 g/mol. The Morgan fingerprint density at radius 2 is 1.33 bits per heavy atom. The minimum Gasteiger partial charge on any atom is -0.453 e. The van der Waals surface area contributed by atoms with Crippen LogP contribution in [-0.2, 0) is 19.1 Å². The second-order valence-corrected chi connectivity index (χ2v) is 13.7. The summed E-state index contributed by atoms with van der Waals surface area (Å²) in [6, 6.07) is 14.7. The van der Waals surface area contributed by atoms with Crippen molar-refractivity contribution in [2.75, 3.05) is 27.3 Å². The van der Waals surface area contributed by atoms with Gasteiger partial charge in [0, 0.05) is 18.7 Å². The Morgan fingerprint density at radius 1 is 0.754 bits per heavy atom. The molecular weight excluding hydrogens is 771 g/mol. The fourth-order valence-electron chi connectivity index (χ4n) is 6.94. The number of amides is 4. The van der Waals surface area contributed by atoms with E-state index in [1.807, 2.05) is 56.3 Å². The Hall–Kier alpha value is -5.96. The van der Waals surface area contributed by atoms with Gasteiger partial charge in [-0.1, -0.05) is 62.2 Å². The molecule has 2 saturated heterocycles. The van der Waals surface area contributed by atoms with Gasteiger partial charge in [-0.3, -0.25) is 9.59 Å². The molecule has 0 aliphatic carbocycles. The molecule has 0 radical (unpaired) electrons. The molecule has 4 aromatic rings. The quantitative estimate of drug-likeness (QED) is 0.152. The van der Waals surface area contributed by atoms with Gasteiger partial charge in [0.2, 0.25) is 5.91 Å². The fraction of sp³-hybridized carbons (Fsp3) is 0.366. The maximum atomic E-state index is 13.7. The summed E-state index contributed by atoms with van der Waals surface area (Å²) in [6.45, 7) is 4.88. The summed E-state index contributed by atoms with van der Waals surface area (Å²) in [7, 11) is 2.54. The number of H-pyrrole nitrogens is 2. The molecule has 6 rings (SSSR count). The third-order valence-electron chi connectivity index (χ3n) is 9.78. The van der Waals surface area contributed by atoms with Crippen LogP contribution >= 0.6 is 24.8 Å². The van der Waals surface area contributed by atoms with E-state index in [1.165, 1.54) is 14.2 Å². The standard InChI is InChI=1S/C41H44N8O6.2ClH/c1-26(2)34(46-40(52)54-3)38(50)48-22-11-17-33(48)37-43-25-31(45-37)28-20-18-27(19-21-28)12-8-9-15-30-24-42-36(44-30)32-16-10-23-49(32)39(51)35(47-41(53)55-4)29-13-6-5-7-14-29;;/h5-7,13-14,18-21,24-26,32-35H,10-11,16-17,22-23H2,1-4H3,(H,42,44)(H,43,45)(H,46,52)(H,47,53);2*1H/t32-,33-,34-,35+;;/m0../s1. The predicted octanol–water partition coefficient (Wildman–Crippen LogP) is 5.85. The Morgan fingerprint density at radius 3 is 1.96 bits per heavy atom. The second kappa shape index (κ2) is 20.3. The third-order valence-corrected chi connectivity index (χ3v) is 9.78. The minimum absolute atomic E-state index is 0. The van der Waals surface area contributed by atoms with Crippen molar-refractivity contribution in [3.05, 3.63) is 95.5 Å². The largest absolute Gasteiger partial charge is 0.453 e. The number of hydrogen-bond donors (Lipinski definition) is 4. The molecule has 0 unspecified atom stereocenters. The Kier molecular flexibility index (Phi) is 15.6. The number of methoxy groups -OCH3 is 2. The Bertz CT molecular complexity index is 2130. The van der Waals surface area contributed by atoms with Crippen LogP contribution < -0.4 is 10.6 Å². The molecule has 0 saturated carbocycles. The van der Waals surface area contributed by atoms with Crippen LogP contribution in [0.1, 0.15) is 86.1 Å². The van der Waals surface area contributed by atoms with Gasteiger partial charge in [-0.15, -0.1) is 24.8 Å². The number of likely N-dealkylation sites (tertiary alicyclic amines) is 2. The molecule has 57 heavy (non-hydrogen) atoms. The lowest BCUT2D eigenvalue weighted by molar-refractivity contribution is -0.135. The van der Waals surface area contributed by atoms with E-state index < -0.39 is 24.3 Å². The van der Waals surface area contributed by atoms with Gasteiger partial charge in [-0.25, -0.2) is 19.6 Å². The van der Waals surface area contributed by atoms with E-state index >= 15 is 0 Å². The van der Waals surface area contributed by atoms with Crippen LogP contribution in [0.5, 0.6) is 0 Å². The van der Waals surface area contributed by atoms with Crippen LogP contribution in [0.25, 0.3) is 11.3 Å². The summed E-state index contributed by atoms with van der Waals surface area (Å²) in [5.74, 6) is 12.6. The molecule has 2 aliphatic heterocycles. The van der Waals surface area contributed by atoms with E-state index in [2.05, 4.69) is 54.3 Å². The molecule has 2 aromatic carbocycles. The number of aromatic nitrogens is 4. The first-order valence-corrected chi connectivity index (χ1v) is 18.2. The molecule has 16 heteroatoms. The predicted molar refractivity (Wildman–Crippen MR) is 217 cm³/mol. The van der Waals surface area contributed by atoms with Crippen LogP contribution in [0, 0.1) is 29.6 Å². The van der Waals surface area contributed by atoms with Gasteiger partial charge in [0.25, 0.3) is 5.91 Å². The van der Waals surface area contributed by atoms with E-state index in [0.29, 0.717) is 36.0 Å². The number of ether oxygens (including phenoxy) is 2. The smallest absolute Gasteiger partial charge is 0.407 e. The number of imidazole rings is 2. The first-order chi connectivity index (χ1) is 26.7. The van der Waals surface area contributed by atoms with Crippen molar-refractivity contribution in [2.45, 2.75) is 63.7 Å². The number of carbonyl (C=O) groups is 4.